The summed E-state index contributed by atoms with van der Waals surface area (Å²) in [5.74, 6) is 0.733. The number of aromatic nitrogens is 5. The summed E-state index contributed by atoms with van der Waals surface area (Å²) in [5.41, 5.74) is 0.967. The molecule has 0 saturated carbocycles. The number of benzene rings is 1. The number of hydrogen-bond donors (Lipinski definition) is 1. The summed E-state index contributed by atoms with van der Waals surface area (Å²) >= 11 is 6.52. The van der Waals surface area contributed by atoms with Gasteiger partial charge in [0.2, 0.25) is 0 Å². The monoisotopic (exact) mass is 261 g/mol. The molecular formula is C10H7N5S2. The molecule has 3 aromatic rings. The first kappa shape index (κ1) is 10.3. The first-order valence-corrected chi connectivity index (χ1v) is 6.05. The van der Waals surface area contributed by atoms with Gasteiger partial charge in [-0.3, -0.25) is 9.67 Å². The Morgan fingerprint density at radius 1 is 1.24 bits per heavy atom. The molecule has 0 saturated heterocycles. The average Bonchev–Trinajstić information content (AvgIpc) is 2.98. The molecule has 0 amide bonds. The maximum Gasteiger partial charge on any atom is 0.200 e. The highest BCUT2D eigenvalue weighted by Gasteiger charge is 2.12. The highest BCUT2D eigenvalue weighted by molar-refractivity contribution is 7.71. The number of para-hydroxylation sites is 1. The highest BCUT2D eigenvalue weighted by Crippen LogP contribution is 2.22. The van der Waals surface area contributed by atoms with Crippen LogP contribution in [-0.2, 0) is 0 Å². The van der Waals surface area contributed by atoms with Crippen molar-refractivity contribution in [2.24, 2.45) is 0 Å². The van der Waals surface area contributed by atoms with Gasteiger partial charge in [0, 0.05) is 5.69 Å². The minimum atomic E-state index is 0.555. The van der Waals surface area contributed by atoms with Crippen LogP contribution in [0.3, 0.4) is 0 Å². The summed E-state index contributed by atoms with van der Waals surface area (Å²) < 4.78 is 6.25. The molecule has 0 bridgehead atoms. The largest absolute Gasteiger partial charge is 0.267 e. The molecule has 0 atom stereocenters. The van der Waals surface area contributed by atoms with E-state index in [1.54, 1.807) is 6.20 Å². The Labute approximate surface area is 106 Å². The second-order valence-electron chi connectivity index (χ2n) is 3.31. The van der Waals surface area contributed by atoms with Crippen molar-refractivity contribution in [3.8, 4) is 16.4 Å². The first-order valence-electron chi connectivity index (χ1n) is 4.87. The molecule has 0 spiro atoms. The summed E-state index contributed by atoms with van der Waals surface area (Å²) in [6.45, 7) is 0. The standard InChI is InChI=1S/C10H7N5S2/c16-10-13-12-9(8-6-11-14-17-8)15(10)7-4-2-1-3-5-7/h1-6H,(H,13,16). The lowest BCUT2D eigenvalue weighted by atomic mass is 10.3. The van der Waals surface area contributed by atoms with Crippen LogP contribution in [-0.4, -0.2) is 24.4 Å². The van der Waals surface area contributed by atoms with Crippen LogP contribution in [0.5, 0.6) is 0 Å². The molecule has 1 aromatic carbocycles. The van der Waals surface area contributed by atoms with Gasteiger partial charge in [0.05, 0.1) is 6.20 Å². The summed E-state index contributed by atoms with van der Waals surface area (Å²) in [5, 5.41) is 10.8. The van der Waals surface area contributed by atoms with Crippen molar-refractivity contribution >= 4 is 23.8 Å². The molecule has 0 fully saturated rings. The lowest BCUT2D eigenvalue weighted by Crippen LogP contribution is -1.96. The zero-order chi connectivity index (χ0) is 11.7. The molecule has 0 radical (unpaired) electrons. The Balaban J connectivity index is 2.24. The third-order valence-electron chi connectivity index (χ3n) is 2.27. The van der Waals surface area contributed by atoms with Crippen molar-refractivity contribution in [3.63, 3.8) is 0 Å². The van der Waals surface area contributed by atoms with E-state index in [-0.39, 0.29) is 0 Å². The number of nitrogens with one attached hydrogen (secondary N) is 1. The van der Waals surface area contributed by atoms with E-state index >= 15 is 0 Å². The second-order valence-corrected chi connectivity index (χ2v) is 4.48. The van der Waals surface area contributed by atoms with Gasteiger partial charge < -0.3 is 0 Å². The lowest BCUT2D eigenvalue weighted by Gasteiger charge is -2.03. The molecule has 17 heavy (non-hydrogen) atoms. The molecule has 84 valence electrons. The van der Waals surface area contributed by atoms with Crippen molar-refractivity contribution in [1.82, 2.24) is 24.4 Å². The van der Waals surface area contributed by atoms with Crippen LogP contribution < -0.4 is 0 Å². The molecule has 1 N–H and O–H groups in total. The smallest absolute Gasteiger partial charge is 0.200 e. The van der Waals surface area contributed by atoms with Gasteiger partial charge in [-0.05, 0) is 35.9 Å². The second kappa shape index (κ2) is 4.19. The van der Waals surface area contributed by atoms with Crippen LogP contribution in [0.2, 0.25) is 0 Å². The van der Waals surface area contributed by atoms with E-state index in [9.17, 15) is 0 Å². The SMILES string of the molecule is S=c1[nH]nc(-c2cnns2)n1-c1ccccc1. The molecule has 0 aliphatic rings. The predicted octanol–water partition coefficient (Wildman–Crippen LogP) is 2.45. The van der Waals surface area contributed by atoms with Crippen LogP contribution in [0.4, 0.5) is 0 Å². The number of hydrogen-bond acceptors (Lipinski definition) is 5. The van der Waals surface area contributed by atoms with Crippen molar-refractivity contribution in [2.45, 2.75) is 0 Å². The Kier molecular flexibility index (Phi) is 2.54. The molecule has 7 heteroatoms. The Hall–Kier alpha value is -1.86. The summed E-state index contributed by atoms with van der Waals surface area (Å²) in [7, 11) is 0. The van der Waals surface area contributed by atoms with Crippen molar-refractivity contribution in [2.75, 3.05) is 0 Å². The molecule has 2 heterocycles. The van der Waals surface area contributed by atoms with E-state index in [1.807, 2.05) is 34.9 Å². The third kappa shape index (κ3) is 1.79. The van der Waals surface area contributed by atoms with Gasteiger partial charge >= 0.3 is 0 Å². The minimum absolute atomic E-state index is 0.555. The van der Waals surface area contributed by atoms with Gasteiger partial charge in [-0.15, -0.1) is 5.10 Å². The minimum Gasteiger partial charge on any atom is -0.267 e. The number of H-pyrrole nitrogens is 1. The van der Waals surface area contributed by atoms with E-state index in [0.29, 0.717) is 4.77 Å². The molecule has 0 aliphatic carbocycles. The lowest BCUT2D eigenvalue weighted by molar-refractivity contribution is 1.04. The molecule has 5 nitrogen and oxygen atoms in total. The summed E-state index contributed by atoms with van der Waals surface area (Å²) in [4.78, 5) is 0.876. The average molecular weight is 261 g/mol. The zero-order valence-corrected chi connectivity index (χ0v) is 10.2. The van der Waals surface area contributed by atoms with Crippen molar-refractivity contribution < 1.29 is 0 Å². The van der Waals surface area contributed by atoms with Gasteiger partial charge in [-0.2, -0.15) is 5.10 Å². The van der Waals surface area contributed by atoms with Crippen LogP contribution in [0, 0.1) is 4.77 Å². The molecular weight excluding hydrogens is 254 g/mol. The van der Waals surface area contributed by atoms with E-state index < -0.39 is 0 Å². The number of rotatable bonds is 2. The molecule has 3 rings (SSSR count). The summed E-state index contributed by atoms with van der Waals surface area (Å²) in [6, 6.07) is 9.82. The van der Waals surface area contributed by atoms with Gasteiger partial charge in [0.25, 0.3) is 0 Å². The third-order valence-corrected chi connectivity index (χ3v) is 3.20. The topological polar surface area (TPSA) is 59.4 Å². The van der Waals surface area contributed by atoms with Crippen molar-refractivity contribution in [1.29, 1.82) is 0 Å². The first-order chi connectivity index (χ1) is 8.36. The van der Waals surface area contributed by atoms with Crippen LogP contribution in [0.25, 0.3) is 16.4 Å². The van der Waals surface area contributed by atoms with Gasteiger partial charge in [0.15, 0.2) is 10.6 Å². The highest BCUT2D eigenvalue weighted by atomic mass is 32.1. The fourth-order valence-corrected chi connectivity index (χ4v) is 2.28. The van der Waals surface area contributed by atoms with Crippen molar-refractivity contribution in [3.05, 3.63) is 41.3 Å². The fourth-order valence-electron chi connectivity index (χ4n) is 1.54. The van der Waals surface area contributed by atoms with Gasteiger partial charge in [-0.1, -0.05) is 22.7 Å². The van der Waals surface area contributed by atoms with Crippen LogP contribution in [0.1, 0.15) is 0 Å². The number of aromatic amines is 1. The van der Waals surface area contributed by atoms with Gasteiger partial charge in [-0.25, -0.2) is 0 Å². The zero-order valence-electron chi connectivity index (χ0n) is 8.57. The Bertz CT molecular complexity index is 668. The van der Waals surface area contributed by atoms with E-state index in [1.165, 1.54) is 11.5 Å². The van der Waals surface area contributed by atoms with E-state index in [4.69, 9.17) is 12.2 Å². The number of nitrogens with zero attached hydrogens (tertiary/aromatic N) is 4. The maximum absolute atomic E-state index is 5.24. The fraction of sp³-hybridized carbons (Fsp3) is 0. The van der Waals surface area contributed by atoms with E-state index in [0.717, 1.165) is 16.4 Å². The molecule has 2 aromatic heterocycles. The van der Waals surface area contributed by atoms with Crippen LogP contribution >= 0.6 is 23.8 Å². The quantitative estimate of drug-likeness (QED) is 0.720. The Morgan fingerprint density at radius 3 is 2.76 bits per heavy atom. The molecule has 0 aliphatic heterocycles. The molecule has 0 unspecified atom stereocenters. The van der Waals surface area contributed by atoms with E-state index in [2.05, 4.69) is 19.8 Å². The maximum atomic E-state index is 5.24. The van der Waals surface area contributed by atoms with Gasteiger partial charge in [0.1, 0.15) is 4.88 Å². The normalized spacial score (nSPS) is 10.6. The Morgan fingerprint density at radius 2 is 2.06 bits per heavy atom. The predicted molar refractivity (Wildman–Crippen MR) is 67.7 cm³/mol. The van der Waals surface area contributed by atoms with Crippen LogP contribution in [0.15, 0.2) is 36.5 Å². The summed E-state index contributed by atoms with van der Waals surface area (Å²) in [6.07, 6.45) is 1.68.